The Hall–Kier alpha value is -2.92. The smallest absolute Gasteiger partial charge is 0.335 e. The lowest BCUT2D eigenvalue weighted by atomic mass is 10.1. The lowest BCUT2D eigenvalue weighted by molar-refractivity contribution is 0.0696. The molecule has 3 aromatic rings. The first-order valence-corrected chi connectivity index (χ1v) is 9.31. The van der Waals surface area contributed by atoms with Crippen LogP contribution >= 0.6 is 0 Å². The summed E-state index contributed by atoms with van der Waals surface area (Å²) >= 11 is 0. The highest BCUT2D eigenvalue weighted by atomic mass is 32.2. The van der Waals surface area contributed by atoms with Crippen LogP contribution in [0.25, 0.3) is 11.1 Å². The van der Waals surface area contributed by atoms with Gasteiger partial charge < -0.3 is 5.11 Å². The van der Waals surface area contributed by atoms with E-state index in [0.29, 0.717) is 5.56 Å². The Morgan fingerprint density at radius 3 is 2.20 bits per heavy atom. The monoisotopic (exact) mass is 352 g/mol. The number of carboxylic acid groups (broad SMARTS) is 1. The fourth-order valence-electron chi connectivity index (χ4n) is 2.60. The Morgan fingerprint density at radius 1 is 0.800 bits per heavy atom. The zero-order valence-electron chi connectivity index (χ0n) is 13.3. The third kappa shape index (κ3) is 3.95. The first-order valence-electron chi connectivity index (χ1n) is 7.66. The molecule has 0 spiro atoms. The van der Waals surface area contributed by atoms with E-state index in [4.69, 9.17) is 5.11 Å². The van der Waals surface area contributed by atoms with Crippen LogP contribution in [-0.2, 0) is 15.6 Å². The number of carboxylic acids is 1. The number of sulfone groups is 1. The summed E-state index contributed by atoms with van der Waals surface area (Å²) in [6.45, 7) is 0. The molecule has 0 heterocycles. The topological polar surface area (TPSA) is 71.4 Å². The molecule has 3 aromatic carbocycles. The van der Waals surface area contributed by atoms with Gasteiger partial charge in [-0.3, -0.25) is 0 Å². The minimum Gasteiger partial charge on any atom is -0.478 e. The molecule has 0 saturated heterocycles. The zero-order valence-corrected chi connectivity index (χ0v) is 14.1. The van der Waals surface area contributed by atoms with E-state index in [0.717, 1.165) is 11.1 Å². The van der Waals surface area contributed by atoms with Gasteiger partial charge in [0, 0.05) is 0 Å². The van der Waals surface area contributed by atoms with E-state index in [-0.39, 0.29) is 16.2 Å². The second-order valence-electron chi connectivity index (χ2n) is 5.66. The molecule has 0 saturated carbocycles. The van der Waals surface area contributed by atoms with Crippen molar-refractivity contribution >= 4 is 15.8 Å². The molecule has 4 nitrogen and oxygen atoms in total. The van der Waals surface area contributed by atoms with Gasteiger partial charge in [-0.05, 0) is 41.0 Å². The predicted octanol–water partition coefficient (Wildman–Crippen LogP) is 4.03. The maximum absolute atomic E-state index is 12.7. The van der Waals surface area contributed by atoms with Crippen LogP contribution in [-0.4, -0.2) is 19.5 Å². The fourth-order valence-corrected chi connectivity index (χ4v) is 3.97. The largest absolute Gasteiger partial charge is 0.478 e. The standard InChI is InChI=1S/C20H16O4S/c21-20(22)18-10-4-6-15(12-18)14-25(23,24)19-11-5-9-17(13-19)16-7-2-1-3-8-16/h1-13H,14H2,(H,21,22). The van der Waals surface area contributed by atoms with Gasteiger partial charge >= 0.3 is 5.97 Å². The van der Waals surface area contributed by atoms with Crippen LogP contribution in [0.15, 0.2) is 83.8 Å². The molecule has 0 fully saturated rings. The summed E-state index contributed by atoms with van der Waals surface area (Å²) in [6, 6.07) is 22.3. The van der Waals surface area contributed by atoms with Gasteiger partial charge in [0.1, 0.15) is 0 Å². The molecule has 0 aliphatic heterocycles. The SMILES string of the molecule is O=C(O)c1cccc(CS(=O)(=O)c2cccc(-c3ccccc3)c2)c1. The molecule has 5 heteroatoms. The summed E-state index contributed by atoms with van der Waals surface area (Å²) in [5.74, 6) is -1.32. The number of benzene rings is 3. The van der Waals surface area contributed by atoms with Gasteiger partial charge in [0.15, 0.2) is 9.84 Å². The minimum absolute atomic E-state index is 0.0748. The van der Waals surface area contributed by atoms with Crippen LogP contribution in [0.1, 0.15) is 15.9 Å². The predicted molar refractivity (Wildman–Crippen MR) is 96.2 cm³/mol. The van der Waals surface area contributed by atoms with Crippen molar-refractivity contribution in [1.82, 2.24) is 0 Å². The quantitative estimate of drug-likeness (QED) is 0.753. The van der Waals surface area contributed by atoms with Gasteiger partial charge in [0.25, 0.3) is 0 Å². The summed E-state index contributed by atoms with van der Waals surface area (Å²) in [5, 5.41) is 9.04. The third-order valence-corrected chi connectivity index (χ3v) is 5.52. The van der Waals surface area contributed by atoms with Crippen molar-refractivity contribution in [2.75, 3.05) is 0 Å². The molecular weight excluding hydrogens is 336 g/mol. The molecule has 0 aliphatic rings. The van der Waals surface area contributed by atoms with Crippen molar-refractivity contribution in [2.45, 2.75) is 10.6 Å². The van der Waals surface area contributed by atoms with Crippen LogP contribution in [0.5, 0.6) is 0 Å². The van der Waals surface area contributed by atoms with Crippen LogP contribution in [0, 0.1) is 0 Å². The summed E-state index contributed by atoms with van der Waals surface area (Å²) < 4.78 is 25.4. The number of rotatable bonds is 5. The van der Waals surface area contributed by atoms with E-state index >= 15 is 0 Å². The first-order chi connectivity index (χ1) is 12.0. The van der Waals surface area contributed by atoms with E-state index in [9.17, 15) is 13.2 Å². The minimum atomic E-state index is -3.58. The van der Waals surface area contributed by atoms with Crippen molar-refractivity contribution < 1.29 is 18.3 Å². The van der Waals surface area contributed by atoms with Crippen LogP contribution in [0.4, 0.5) is 0 Å². The molecule has 0 aromatic heterocycles. The van der Waals surface area contributed by atoms with E-state index in [2.05, 4.69) is 0 Å². The van der Waals surface area contributed by atoms with E-state index in [1.54, 1.807) is 30.3 Å². The van der Waals surface area contributed by atoms with Gasteiger partial charge in [-0.25, -0.2) is 13.2 Å². The highest BCUT2D eigenvalue weighted by Crippen LogP contribution is 2.24. The zero-order chi connectivity index (χ0) is 17.9. The Bertz CT molecular complexity index is 1010. The van der Waals surface area contributed by atoms with E-state index in [1.807, 2.05) is 36.4 Å². The Labute approximate surface area is 146 Å². The van der Waals surface area contributed by atoms with E-state index in [1.165, 1.54) is 12.1 Å². The molecule has 0 amide bonds. The summed E-state index contributed by atoms with van der Waals surface area (Å²) in [7, 11) is -3.58. The van der Waals surface area contributed by atoms with Crippen molar-refractivity contribution in [3.63, 3.8) is 0 Å². The molecular formula is C20H16O4S. The normalized spacial score (nSPS) is 11.2. The Morgan fingerprint density at radius 2 is 1.48 bits per heavy atom. The van der Waals surface area contributed by atoms with Crippen molar-refractivity contribution in [3.8, 4) is 11.1 Å². The van der Waals surface area contributed by atoms with Crippen LogP contribution in [0.2, 0.25) is 0 Å². The molecule has 25 heavy (non-hydrogen) atoms. The fraction of sp³-hybridized carbons (Fsp3) is 0.0500. The van der Waals surface area contributed by atoms with Crippen LogP contribution < -0.4 is 0 Å². The second-order valence-corrected chi connectivity index (χ2v) is 7.65. The lowest BCUT2D eigenvalue weighted by Gasteiger charge is -2.08. The summed E-state index contributed by atoms with van der Waals surface area (Å²) in [6.07, 6.45) is 0. The van der Waals surface area contributed by atoms with Gasteiger partial charge in [-0.15, -0.1) is 0 Å². The maximum atomic E-state index is 12.7. The van der Waals surface area contributed by atoms with E-state index < -0.39 is 15.8 Å². The van der Waals surface area contributed by atoms with Crippen molar-refractivity contribution in [1.29, 1.82) is 0 Å². The maximum Gasteiger partial charge on any atom is 0.335 e. The first kappa shape index (κ1) is 16.9. The third-order valence-electron chi connectivity index (χ3n) is 3.83. The number of aromatic carboxylic acids is 1. The van der Waals surface area contributed by atoms with Crippen molar-refractivity contribution in [2.24, 2.45) is 0 Å². The number of hydrogen-bond donors (Lipinski definition) is 1. The molecule has 126 valence electrons. The highest BCUT2D eigenvalue weighted by Gasteiger charge is 2.17. The molecule has 0 unspecified atom stereocenters. The summed E-state index contributed by atoms with van der Waals surface area (Å²) in [5.41, 5.74) is 2.28. The van der Waals surface area contributed by atoms with Gasteiger partial charge in [0.05, 0.1) is 16.2 Å². The number of carbonyl (C=O) groups is 1. The number of hydrogen-bond acceptors (Lipinski definition) is 3. The van der Waals surface area contributed by atoms with Gasteiger partial charge in [-0.1, -0.05) is 54.6 Å². The average Bonchev–Trinajstić information content (AvgIpc) is 2.62. The van der Waals surface area contributed by atoms with Gasteiger partial charge in [0.2, 0.25) is 0 Å². The highest BCUT2D eigenvalue weighted by molar-refractivity contribution is 7.90. The second kappa shape index (κ2) is 6.91. The molecule has 0 aliphatic carbocycles. The molecule has 1 N–H and O–H groups in total. The lowest BCUT2D eigenvalue weighted by Crippen LogP contribution is -2.06. The Balaban J connectivity index is 1.93. The Kier molecular flexibility index (Phi) is 4.67. The molecule has 0 atom stereocenters. The molecule has 3 rings (SSSR count). The van der Waals surface area contributed by atoms with Gasteiger partial charge in [-0.2, -0.15) is 0 Å². The molecule has 0 bridgehead atoms. The summed E-state index contributed by atoms with van der Waals surface area (Å²) in [4.78, 5) is 11.3. The van der Waals surface area contributed by atoms with Crippen LogP contribution in [0.3, 0.4) is 0 Å². The van der Waals surface area contributed by atoms with Crippen molar-refractivity contribution in [3.05, 3.63) is 90.0 Å². The molecule has 0 radical (unpaired) electrons. The average molecular weight is 352 g/mol.